The third kappa shape index (κ3) is 3.98. The molecule has 2 rings (SSSR count). The van der Waals surface area contributed by atoms with Gasteiger partial charge >= 0.3 is 0 Å². The van der Waals surface area contributed by atoms with E-state index in [1.165, 1.54) is 25.7 Å². The zero-order valence-electron chi connectivity index (χ0n) is 11.9. The summed E-state index contributed by atoms with van der Waals surface area (Å²) in [5.41, 5.74) is 5.72. The molecule has 1 aliphatic carbocycles. The molecule has 2 unspecified atom stereocenters. The summed E-state index contributed by atoms with van der Waals surface area (Å²) in [6.07, 6.45) is 5.39. The molecule has 4 N–H and O–H groups in total. The number of nitrogens with one attached hydrogen (secondary N) is 2. The minimum Gasteiger partial charge on any atom is -0.370 e. The van der Waals surface area contributed by atoms with Crippen molar-refractivity contribution in [3.8, 4) is 0 Å². The molecule has 19 heavy (non-hydrogen) atoms. The van der Waals surface area contributed by atoms with E-state index in [4.69, 9.17) is 5.73 Å². The Kier molecular flexibility index (Phi) is 4.82. The third-order valence-corrected chi connectivity index (χ3v) is 3.94. The van der Waals surface area contributed by atoms with Gasteiger partial charge in [-0.05, 0) is 25.2 Å². The first-order chi connectivity index (χ1) is 9.19. The van der Waals surface area contributed by atoms with Crippen molar-refractivity contribution in [2.24, 2.45) is 11.8 Å². The van der Waals surface area contributed by atoms with E-state index in [2.05, 4.69) is 27.5 Å². The summed E-state index contributed by atoms with van der Waals surface area (Å²) in [6, 6.07) is 1.92. The van der Waals surface area contributed by atoms with Crippen LogP contribution in [0.2, 0.25) is 0 Å². The van der Waals surface area contributed by atoms with Crippen LogP contribution in [0.3, 0.4) is 0 Å². The molecule has 1 fully saturated rings. The Balaban J connectivity index is 1.94. The second-order valence-corrected chi connectivity index (χ2v) is 5.43. The van der Waals surface area contributed by atoms with Crippen LogP contribution in [0, 0.1) is 11.8 Å². The molecule has 0 bridgehead atoms. The smallest absolute Gasteiger partial charge is 0.223 e. The standard InChI is InChI=1S/C14H25N5/c1-3-16-12-8-13(19-14(15)18-12)17-9-11-7-5-4-6-10(11)2/h8,10-11H,3-7,9H2,1-2H3,(H4,15,16,17,18,19). The van der Waals surface area contributed by atoms with E-state index in [1.54, 1.807) is 0 Å². The normalized spacial score (nSPS) is 23.1. The lowest BCUT2D eigenvalue weighted by Gasteiger charge is -2.29. The maximum Gasteiger partial charge on any atom is 0.223 e. The quantitative estimate of drug-likeness (QED) is 0.761. The van der Waals surface area contributed by atoms with Crippen LogP contribution in [0.15, 0.2) is 6.07 Å². The SMILES string of the molecule is CCNc1cc(NCC2CCCCC2C)nc(N)n1. The molecule has 1 aliphatic rings. The van der Waals surface area contributed by atoms with Crippen LogP contribution in [0.1, 0.15) is 39.5 Å². The molecule has 1 aromatic rings. The van der Waals surface area contributed by atoms with Gasteiger partial charge in [-0.15, -0.1) is 0 Å². The van der Waals surface area contributed by atoms with Crippen LogP contribution in [-0.2, 0) is 0 Å². The minimum absolute atomic E-state index is 0.317. The highest BCUT2D eigenvalue weighted by Gasteiger charge is 2.21. The molecule has 5 nitrogen and oxygen atoms in total. The largest absolute Gasteiger partial charge is 0.370 e. The second-order valence-electron chi connectivity index (χ2n) is 5.43. The number of nitrogen functional groups attached to an aromatic ring is 1. The van der Waals surface area contributed by atoms with E-state index in [-0.39, 0.29) is 0 Å². The highest BCUT2D eigenvalue weighted by molar-refractivity contribution is 5.50. The van der Waals surface area contributed by atoms with Crippen molar-refractivity contribution in [1.29, 1.82) is 0 Å². The van der Waals surface area contributed by atoms with Crippen LogP contribution < -0.4 is 16.4 Å². The van der Waals surface area contributed by atoms with Gasteiger partial charge in [0.1, 0.15) is 11.6 Å². The lowest BCUT2D eigenvalue weighted by Crippen LogP contribution is -2.24. The first-order valence-electron chi connectivity index (χ1n) is 7.31. The van der Waals surface area contributed by atoms with Crippen molar-refractivity contribution in [1.82, 2.24) is 9.97 Å². The van der Waals surface area contributed by atoms with Crippen LogP contribution in [0.4, 0.5) is 17.6 Å². The van der Waals surface area contributed by atoms with Gasteiger partial charge in [-0.1, -0.05) is 26.2 Å². The fraction of sp³-hybridized carbons (Fsp3) is 0.714. The van der Waals surface area contributed by atoms with Gasteiger partial charge < -0.3 is 16.4 Å². The molecule has 0 amide bonds. The Hall–Kier alpha value is -1.52. The maximum absolute atomic E-state index is 5.72. The summed E-state index contributed by atoms with van der Waals surface area (Å²) in [4.78, 5) is 8.39. The molecule has 1 saturated carbocycles. The molecule has 0 radical (unpaired) electrons. The number of hydrogen-bond acceptors (Lipinski definition) is 5. The summed E-state index contributed by atoms with van der Waals surface area (Å²) in [5, 5.41) is 6.58. The van der Waals surface area contributed by atoms with Crippen LogP contribution in [0.25, 0.3) is 0 Å². The van der Waals surface area contributed by atoms with Gasteiger partial charge in [0, 0.05) is 19.2 Å². The molecule has 5 heteroatoms. The van der Waals surface area contributed by atoms with Gasteiger partial charge in [0.05, 0.1) is 0 Å². The average Bonchev–Trinajstić information content (AvgIpc) is 2.37. The maximum atomic E-state index is 5.72. The van der Waals surface area contributed by atoms with Gasteiger partial charge in [-0.25, -0.2) is 0 Å². The van der Waals surface area contributed by atoms with Crippen LogP contribution in [0.5, 0.6) is 0 Å². The molecule has 0 spiro atoms. The topological polar surface area (TPSA) is 75.9 Å². The molecule has 0 saturated heterocycles. The summed E-state index contributed by atoms with van der Waals surface area (Å²) >= 11 is 0. The Morgan fingerprint density at radius 1 is 1.21 bits per heavy atom. The number of rotatable bonds is 5. The predicted molar refractivity (Wildman–Crippen MR) is 80.2 cm³/mol. The highest BCUT2D eigenvalue weighted by Crippen LogP contribution is 2.29. The predicted octanol–water partition coefficient (Wildman–Crippen LogP) is 2.73. The number of hydrogen-bond donors (Lipinski definition) is 3. The summed E-state index contributed by atoms with van der Waals surface area (Å²) in [5.74, 6) is 3.47. The monoisotopic (exact) mass is 263 g/mol. The van der Waals surface area contributed by atoms with Crippen molar-refractivity contribution in [3.05, 3.63) is 6.07 Å². The van der Waals surface area contributed by atoms with Gasteiger partial charge in [0.25, 0.3) is 0 Å². The van der Waals surface area contributed by atoms with Crippen molar-refractivity contribution in [2.45, 2.75) is 39.5 Å². The molecule has 0 aromatic carbocycles. The van der Waals surface area contributed by atoms with Crippen molar-refractivity contribution < 1.29 is 0 Å². The Morgan fingerprint density at radius 3 is 2.58 bits per heavy atom. The molecular formula is C14H25N5. The van der Waals surface area contributed by atoms with Gasteiger partial charge in [-0.2, -0.15) is 9.97 Å². The molecule has 1 heterocycles. The number of aromatic nitrogens is 2. The highest BCUT2D eigenvalue weighted by atomic mass is 15.1. The van der Waals surface area contributed by atoms with Gasteiger partial charge in [0.2, 0.25) is 5.95 Å². The fourth-order valence-corrected chi connectivity index (χ4v) is 2.76. The van der Waals surface area contributed by atoms with Crippen molar-refractivity contribution >= 4 is 17.6 Å². The summed E-state index contributed by atoms with van der Waals surface area (Å²) < 4.78 is 0. The van der Waals surface area contributed by atoms with E-state index < -0.39 is 0 Å². The Morgan fingerprint density at radius 2 is 1.89 bits per heavy atom. The second kappa shape index (κ2) is 6.59. The molecule has 106 valence electrons. The fourth-order valence-electron chi connectivity index (χ4n) is 2.76. The van der Waals surface area contributed by atoms with Crippen LogP contribution >= 0.6 is 0 Å². The minimum atomic E-state index is 0.317. The van der Waals surface area contributed by atoms with E-state index in [9.17, 15) is 0 Å². The first-order valence-corrected chi connectivity index (χ1v) is 7.31. The zero-order valence-corrected chi connectivity index (χ0v) is 11.9. The van der Waals surface area contributed by atoms with E-state index in [1.807, 2.05) is 13.0 Å². The first kappa shape index (κ1) is 13.9. The number of nitrogens with zero attached hydrogens (tertiary/aromatic N) is 2. The Bertz CT molecular complexity index is 407. The molecule has 0 aliphatic heterocycles. The van der Waals surface area contributed by atoms with Gasteiger partial charge in [0.15, 0.2) is 0 Å². The zero-order chi connectivity index (χ0) is 13.7. The number of nitrogens with two attached hydrogens (primary N) is 1. The van der Waals surface area contributed by atoms with Crippen molar-refractivity contribution in [3.63, 3.8) is 0 Å². The van der Waals surface area contributed by atoms with E-state index >= 15 is 0 Å². The van der Waals surface area contributed by atoms with Gasteiger partial charge in [-0.3, -0.25) is 0 Å². The molecule has 2 atom stereocenters. The Labute approximate surface area is 115 Å². The number of anilines is 3. The van der Waals surface area contributed by atoms with Crippen LogP contribution in [-0.4, -0.2) is 23.1 Å². The average molecular weight is 263 g/mol. The van der Waals surface area contributed by atoms with E-state index in [0.717, 1.165) is 36.6 Å². The third-order valence-electron chi connectivity index (χ3n) is 3.94. The lowest BCUT2D eigenvalue weighted by molar-refractivity contribution is 0.268. The summed E-state index contributed by atoms with van der Waals surface area (Å²) in [7, 11) is 0. The van der Waals surface area contributed by atoms with Crippen molar-refractivity contribution in [2.75, 3.05) is 29.5 Å². The lowest BCUT2D eigenvalue weighted by atomic mass is 9.80. The van der Waals surface area contributed by atoms with E-state index in [0.29, 0.717) is 5.95 Å². The molecule has 1 aromatic heterocycles. The molecular weight excluding hydrogens is 238 g/mol. The summed E-state index contributed by atoms with van der Waals surface area (Å²) in [6.45, 7) is 6.19.